The number of rotatable bonds is 23. The average Bonchev–Trinajstić information content (AvgIpc) is 2.79. The number of hydrogen-bond acceptors (Lipinski definition) is 4. The first-order valence-corrected chi connectivity index (χ1v) is 12.8. The number of hydrogen-bond donors (Lipinski definition) is 0. The van der Waals surface area contributed by atoms with Gasteiger partial charge in [0.1, 0.15) is 12.4 Å². The molecule has 0 heterocycles. The summed E-state index contributed by atoms with van der Waals surface area (Å²) in [5.74, 6) is 0.915. The first-order chi connectivity index (χ1) is 15.4. The molecule has 1 rings (SSSR count). The van der Waals surface area contributed by atoms with Crippen LogP contribution >= 0.6 is 0 Å². The Balaban J connectivity index is 1.86. The fraction of sp³-hybridized carbons (Fsp3) is 0.778. The molecule has 180 valence electrons. The molecular formula is C27H48O4. The summed E-state index contributed by atoms with van der Waals surface area (Å²) in [5, 5.41) is 0. The fourth-order valence-corrected chi connectivity index (χ4v) is 3.43. The van der Waals surface area contributed by atoms with E-state index in [-0.39, 0.29) is 0 Å². The first-order valence-electron chi connectivity index (χ1n) is 12.8. The summed E-state index contributed by atoms with van der Waals surface area (Å²) in [7, 11) is 0. The third-order valence-electron chi connectivity index (χ3n) is 5.38. The van der Waals surface area contributed by atoms with Crippen molar-refractivity contribution in [3.63, 3.8) is 0 Å². The van der Waals surface area contributed by atoms with E-state index in [0.717, 1.165) is 18.8 Å². The third-order valence-corrected chi connectivity index (χ3v) is 5.38. The van der Waals surface area contributed by atoms with Crippen LogP contribution in [-0.4, -0.2) is 46.2 Å². The van der Waals surface area contributed by atoms with Gasteiger partial charge in [0, 0.05) is 6.61 Å². The van der Waals surface area contributed by atoms with Crippen LogP contribution in [0.3, 0.4) is 0 Å². The van der Waals surface area contributed by atoms with Crippen LogP contribution in [0.2, 0.25) is 0 Å². The van der Waals surface area contributed by atoms with Crippen LogP contribution in [0.5, 0.6) is 5.75 Å². The van der Waals surface area contributed by atoms with Crippen molar-refractivity contribution in [2.75, 3.05) is 46.2 Å². The Kier molecular flexibility index (Phi) is 19.9. The average molecular weight is 437 g/mol. The second-order valence-electron chi connectivity index (χ2n) is 8.26. The second-order valence-corrected chi connectivity index (χ2v) is 8.26. The zero-order valence-electron chi connectivity index (χ0n) is 20.4. The molecule has 0 aliphatic carbocycles. The topological polar surface area (TPSA) is 36.9 Å². The van der Waals surface area contributed by atoms with Crippen molar-refractivity contribution >= 4 is 0 Å². The van der Waals surface area contributed by atoms with Gasteiger partial charge in [0.25, 0.3) is 0 Å². The number of benzene rings is 1. The highest BCUT2D eigenvalue weighted by atomic mass is 16.6. The molecular weight excluding hydrogens is 388 g/mol. The van der Waals surface area contributed by atoms with Crippen LogP contribution in [0.25, 0.3) is 0 Å². The summed E-state index contributed by atoms with van der Waals surface area (Å²) in [5.41, 5.74) is 1.40. The number of unbranched alkanes of at least 4 members (excludes halogenated alkanes) is 9. The second kappa shape index (κ2) is 22.1. The molecule has 0 fully saturated rings. The van der Waals surface area contributed by atoms with Crippen molar-refractivity contribution in [3.8, 4) is 5.75 Å². The van der Waals surface area contributed by atoms with E-state index in [4.69, 9.17) is 18.9 Å². The largest absolute Gasteiger partial charge is 0.491 e. The van der Waals surface area contributed by atoms with Gasteiger partial charge in [0.05, 0.1) is 33.0 Å². The molecule has 1 aromatic rings. The normalized spacial score (nSPS) is 11.2. The van der Waals surface area contributed by atoms with Gasteiger partial charge in [-0.15, -0.1) is 0 Å². The molecule has 0 aromatic heterocycles. The van der Waals surface area contributed by atoms with Crippen molar-refractivity contribution in [3.05, 3.63) is 29.8 Å². The van der Waals surface area contributed by atoms with Gasteiger partial charge >= 0.3 is 0 Å². The maximum absolute atomic E-state index is 5.75. The highest BCUT2D eigenvalue weighted by molar-refractivity contribution is 5.27. The summed E-state index contributed by atoms with van der Waals surface area (Å²) in [4.78, 5) is 0. The van der Waals surface area contributed by atoms with Gasteiger partial charge in [0.15, 0.2) is 0 Å². The molecule has 0 aliphatic rings. The number of aryl methyl sites for hydroxylation is 1. The molecule has 4 nitrogen and oxygen atoms in total. The molecule has 0 amide bonds. The predicted octanol–water partition coefficient (Wildman–Crippen LogP) is 6.99. The lowest BCUT2D eigenvalue weighted by molar-refractivity contribution is 0.00878. The SMILES string of the molecule is CCCCCCCCc1ccc(OCCOCCOCCOCCCCCCC)cc1. The molecule has 0 unspecified atom stereocenters. The Bertz CT molecular complexity index is 475. The lowest BCUT2D eigenvalue weighted by Crippen LogP contribution is -2.13. The summed E-state index contributed by atoms with van der Waals surface area (Å²) in [6.07, 6.45) is 15.6. The number of ether oxygens (including phenoxy) is 4. The minimum atomic E-state index is 0.567. The maximum Gasteiger partial charge on any atom is 0.119 e. The molecule has 0 radical (unpaired) electrons. The van der Waals surface area contributed by atoms with Crippen molar-refractivity contribution < 1.29 is 18.9 Å². The molecule has 0 aliphatic heterocycles. The van der Waals surface area contributed by atoms with E-state index in [2.05, 4.69) is 38.1 Å². The summed E-state index contributed by atoms with van der Waals surface area (Å²) in [6.45, 7) is 9.01. The van der Waals surface area contributed by atoms with E-state index in [1.54, 1.807) is 0 Å². The van der Waals surface area contributed by atoms with Crippen LogP contribution in [0.1, 0.15) is 90.0 Å². The van der Waals surface area contributed by atoms with Gasteiger partial charge in [-0.25, -0.2) is 0 Å². The van der Waals surface area contributed by atoms with Crippen LogP contribution in [0.15, 0.2) is 24.3 Å². The van der Waals surface area contributed by atoms with Gasteiger partial charge < -0.3 is 18.9 Å². The summed E-state index contributed by atoms with van der Waals surface area (Å²) < 4.78 is 22.4. The lowest BCUT2D eigenvalue weighted by Gasteiger charge is -2.09. The molecule has 0 bridgehead atoms. The van der Waals surface area contributed by atoms with Gasteiger partial charge in [-0.2, -0.15) is 0 Å². The predicted molar refractivity (Wildman–Crippen MR) is 130 cm³/mol. The maximum atomic E-state index is 5.75. The molecule has 0 N–H and O–H groups in total. The minimum absolute atomic E-state index is 0.567. The molecule has 1 aromatic carbocycles. The van der Waals surface area contributed by atoms with E-state index in [0.29, 0.717) is 39.6 Å². The third kappa shape index (κ3) is 18.2. The van der Waals surface area contributed by atoms with Gasteiger partial charge in [-0.3, -0.25) is 0 Å². The zero-order chi connectivity index (χ0) is 22.2. The smallest absolute Gasteiger partial charge is 0.119 e. The molecule has 4 heteroatoms. The van der Waals surface area contributed by atoms with Gasteiger partial charge in [-0.05, 0) is 37.0 Å². The standard InChI is InChI=1S/C27H48O4/c1-3-5-7-9-10-12-14-26-15-17-27(18-16-26)31-25-24-30-23-22-29-21-20-28-19-13-11-8-6-4-2/h15-18H,3-14,19-25H2,1-2H3. The van der Waals surface area contributed by atoms with Crippen LogP contribution in [0, 0.1) is 0 Å². The van der Waals surface area contributed by atoms with Crippen molar-refractivity contribution in [1.29, 1.82) is 0 Å². The lowest BCUT2D eigenvalue weighted by atomic mass is 10.0. The highest BCUT2D eigenvalue weighted by Gasteiger charge is 1.98. The Morgan fingerprint density at radius 2 is 0.968 bits per heavy atom. The first kappa shape index (κ1) is 27.9. The minimum Gasteiger partial charge on any atom is -0.491 e. The molecule has 0 saturated carbocycles. The van der Waals surface area contributed by atoms with Crippen molar-refractivity contribution in [1.82, 2.24) is 0 Å². The van der Waals surface area contributed by atoms with E-state index in [1.165, 1.54) is 76.2 Å². The van der Waals surface area contributed by atoms with Crippen LogP contribution in [0.4, 0.5) is 0 Å². The quantitative estimate of drug-likeness (QED) is 0.173. The van der Waals surface area contributed by atoms with E-state index in [9.17, 15) is 0 Å². The van der Waals surface area contributed by atoms with Crippen molar-refractivity contribution in [2.45, 2.75) is 90.9 Å². The van der Waals surface area contributed by atoms with E-state index in [1.807, 2.05) is 0 Å². The van der Waals surface area contributed by atoms with Crippen LogP contribution in [-0.2, 0) is 20.6 Å². The summed E-state index contributed by atoms with van der Waals surface area (Å²) in [6, 6.07) is 8.51. The molecule has 31 heavy (non-hydrogen) atoms. The summed E-state index contributed by atoms with van der Waals surface area (Å²) >= 11 is 0. The molecule has 0 spiro atoms. The Hall–Kier alpha value is -1.10. The fourth-order valence-electron chi connectivity index (χ4n) is 3.43. The molecule has 0 saturated heterocycles. The molecule has 0 atom stereocenters. The highest BCUT2D eigenvalue weighted by Crippen LogP contribution is 2.15. The van der Waals surface area contributed by atoms with Crippen LogP contribution < -0.4 is 4.74 Å². The Morgan fingerprint density at radius 3 is 1.58 bits per heavy atom. The van der Waals surface area contributed by atoms with E-state index >= 15 is 0 Å². The Labute approximate surface area is 192 Å². The Morgan fingerprint density at radius 1 is 0.484 bits per heavy atom. The zero-order valence-corrected chi connectivity index (χ0v) is 20.4. The van der Waals surface area contributed by atoms with Crippen molar-refractivity contribution in [2.24, 2.45) is 0 Å². The monoisotopic (exact) mass is 436 g/mol. The van der Waals surface area contributed by atoms with E-state index < -0.39 is 0 Å². The van der Waals surface area contributed by atoms with Gasteiger partial charge in [0.2, 0.25) is 0 Å². The van der Waals surface area contributed by atoms with Gasteiger partial charge in [-0.1, -0.05) is 83.8 Å².